The summed E-state index contributed by atoms with van der Waals surface area (Å²) in [6, 6.07) is 14.9. The minimum absolute atomic E-state index is 0.300. The normalized spacial score (nSPS) is 10.4. The molecule has 1 aromatic heterocycles. The lowest BCUT2D eigenvalue weighted by Crippen LogP contribution is -2.02. The first-order chi connectivity index (χ1) is 11.1. The van der Waals surface area contributed by atoms with Gasteiger partial charge in [0.2, 0.25) is 5.95 Å². The molecule has 116 valence electrons. The predicted octanol–water partition coefficient (Wildman–Crippen LogP) is 4.55. The van der Waals surface area contributed by atoms with Crippen LogP contribution in [0.4, 0.5) is 31.9 Å². The third-order valence-corrected chi connectivity index (χ3v) is 3.08. The number of hydrogen-bond donors (Lipinski definition) is 2. The molecule has 0 radical (unpaired) electrons. The highest BCUT2D eigenvalue weighted by Crippen LogP contribution is 2.20. The van der Waals surface area contributed by atoms with E-state index in [1.54, 1.807) is 6.07 Å². The topological polar surface area (TPSA) is 49.8 Å². The molecule has 6 heteroatoms. The average molecular weight is 312 g/mol. The molecule has 2 N–H and O–H groups in total. The molecule has 23 heavy (non-hydrogen) atoms. The largest absolute Gasteiger partial charge is 0.340 e. The van der Waals surface area contributed by atoms with Gasteiger partial charge >= 0.3 is 0 Å². The van der Waals surface area contributed by atoms with E-state index in [1.165, 1.54) is 6.07 Å². The Morgan fingerprint density at radius 1 is 0.783 bits per heavy atom. The van der Waals surface area contributed by atoms with E-state index < -0.39 is 11.6 Å². The molecular weight excluding hydrogens is 298 g/mol. The van der Waals surface area contributed by atoms with Crippen molar-refractivity contribution >= 4 is 23.1 Å². The SMILES string of the molecule is Cc1cc(Nc2ccccc2)nc(Nc2ccc(F)c(F)c2)n1. The van der Waals surface area contributed by atoms with Gasteiger partial charge < -0.3 is 10.6 Å². The number of hydrogen-bond acceptors (Lipinski definition) is 4. The van der Waals surface area contributed by atoms with Crippen LogP contribution in [-0.4, -0.2) is 9.97 Å². The van der Waals surface area contributed by atoms with Gasteiger partial charge in [0.15, 0.2) is 11.6 Å². The first kappa shape index (κ1) is 14.9. The number of aromatic nitrogens is 2. The zero-order valence-electron chi connectivity index (χ0n) is 12.3. The molecule has 2 aromatic carbocycles. The summed E-state index contributed by atoms with van der Waals surface area (Å²) in [6.45, 7) is 1.83. The molecule has 4 nitrogen and oxygen atoms in total. The summed E-state index contributed by atoms with van der Waals surface area (Å²) in [5, 5.41) is 6.04. The summed E-state index contributed by atoms with van der Waals surface area (Å²) in [7, 11) is 0. The van der Waals surface area contributed by atoms with Crippen molar-refractivity contribution in [2.45, 2.75) is 6.92 Å². The van der Waals surface area contributed by atoms with E-state index in [0.29, 0.717) is 17.5 Å². The summed E-state index contributed by atoms with van der Waals surface area (Å²) in [6.07, 6.45) is 0. The van der Waals surface area contributed by atoms with Crippen LogP contribution in [0.25, 0.3) is 0 Å². The first-order valence-corrected chi connectivity index (χ1v) is 7.00. The Kier molecular flexibility index (Phi) is 4.14. The number of benzene rings is 2. The number of nitrogens with one attached hydrogen (secondary N) is 2. The molecule has 3 aromatic rings. The molecular formula is C17H14F2N4. The highest BCUT2D eigenvalue weighted by molar-refractivity contribution is 5.60. The quantitative estimate of drug-likeness (QED) is 0.742. The van der Waals surface area contributed by atoms with E-state index in [4.69, 9.17) is 0 Å². The van der Waals surface area contributed by atoms with Crippen molar-refractivity contribution < 1.29 is 8.78 Å². The number of halogens is 2. The van der Waals surface area contributed by atoms with E-state index in [2.05, 4.69) is 20.6 Å². The van der Waals surface area contributed by atoms with Crippen LogP contribution in [0.2, 0.25) is 0 Å². The van der Waals surface area contributed by atoms with Crippen LogP contribution in [0.15, 0.2) is 54.6 Å². The van der Waals surface area contributed by atoms with Crippen molar-refractivity contribution in [3.63, 3.8) is 0 Å². The van der Waals surface area contributed by atoms with Crippen molar-refractivity contribution in [3.05, 3.63) is 71.9 Å². The fraction of sp³-hybridized carbons (Fsp3) is 0.0588. The molecule has 0 fully saturated rings. The Labute approximate surface area is 132 Å². The van der Waals surface area contributed by atoms with Gasteiger partial charge in [-0.3, -0.25) is 0 Å². The van der Waals surface area contributed by atoms with Gasteiger partial charge in [-0.1, -0.05) is 18.2 Å². The third kappa shape index (κ3) is 3.79. The summed E-state index contributed by atoms with van der Waals surface area (Å²) in [4.78, 5) is 8.57. The summed E-state index contributed by atoms with van der Waals surface area (Å²) < 4.78 is 26.2. The van der Waals surface area contributed by atoms with Crippen LogP contribution < -0.4 is 10.6 Å². The van der Waals surface area contributed by atoms with Gasteiger partial charge in [-0.05, 0) is 31.2 Å². The molecule has 0 saturated carbocycles. The summed E-state index contributed by atoms with van der Waals surface area (Å²) in [5.41, 5.74) is 2.01. The van der Waals surface area contributed by atoms with Gasteiger partial charge in [0.25, 0.3) is 0 Å². The highest BCUT2D eigenvalue weighted by atomic mass is 19.2. The van der Waals surface area contributed by atoms with Gasteiger partial charge in [0.05, 0.1) is 0 Å². The summed E-state index contributed by atoms with van der Waals surface area (Å²) >= 11 is 0. The fourth-order valence-electron chi connectivity index (χ4n) is 2.06. The Bertz CT molecular complexity index is 822. The number of nitrogens with zero attached hydrogens (tertiary/aromatic N) is 2. The smallest absolute Gasteiger partial charge is 0.229 e. The Morgan fingerprint density at radius 3 is 2.30 bits per heavy atom. The molecule has 3 rings (SSSR count). The number of para-hydroxylation sites is 1. The van der Waals surface area contributed by atoms with Crippen molar-refractivity contribution in [2.24, 2.45) is 0 Å². The number of rotatable bonds is 4. The molecule has 0 bridgehead atoms. The van der Waals surface area contributed by atoms with E-state index in [9.17, 15) is 8.78 Å². The lowest BCUT2D eigenvalue weighted by atomic mass is 10.3. The lowest BCUT2D eigenvalue weighted by Gasteiger charge is -2.10. The zero-order valence-corrected chi connectivity index (χ0v) is 12.3. The van der Waals surface area contributed by atoms with E-state index in [0.717, 1.165) is 23.5 Å². The van der Waals surface area contributed by atoms with E-state index in [-0.39, 0.29) is 0 Å². The van der Waals surface area contributed by atoms with Crippen LogP contribution in [0.5, 0.6) is 0 Å². The van der Waals surface area contributed by atoms with Crippen LogP contribution in [0.3, 0.4) is 0 Å². The fourth-order valence-corrected chi connectivity index (χ4v) is 2.06. The molecule has 0 aliphatic rings. The maximum atomic E-state index is 13.3. The van der Waals surface area contributed by atoms with Gasteiger partial charge in [-0.15, -0.1) is 0 Å². The lowest BCUT2D eigenvalue weighted by molar-refractivity contribution is 0.509. The zero-order chi connectivity index (χ0) is 16.2. The van der Waals surface area contributed by atoms with Gasteiger partial charge in [0.1, 0.15) is 5.82 Å². The second kappa shape index (κ2) is 6.39. The molecule has 0 unspecified atom stereocenters. The van der Waals surface area contributed by atoms with Crippen molar-refractivity contribution in [2.75, 3.05) is 10.6 Å². The monoisotopic (exact) mass is 312 g/mol. The molecule has 0 amide bonds. The molecule has 0 spiro atoms. The number of aryl methyl sites for hydroxylation is 1. The van der Waals surface area contributed by atoms with Gasteiger partial charge in [-0.2, -0.15) is 4.98 Å². The van der Waals surface area contributed by atoms with E-state index in [1.807, 2.05) is 37.3 Å². The first-order valence-electron chi connectivity index (χ1n) is 7.00. The Balaban J connectivity index is 1.83. The van der Waals surface area contributed by atoms with Gasteiger partial charge in [0, 0.05) is 29.2 Å². The molecule has 0 atom stereocenters. The Morgan fingerprint density at radius 2 is 1.57 bits per heavy atom. The van der Waals surface area contributed by atoms with Crippen LogP contribution in [-0.2, 0) is 0 Å². The molecule has 0 saturated heterocycles. The van der Waals surface area contributed by atoms with Crippen molar-refractivity contribution in [1.29, 1.82) is 0 Å². The predicted molar refractivity (Wildman–Crippen MR) is 86.1 cm³/mol. The summed E-state index contributed by atoms with van der Waals surface area (Å²) in [5.74, 6) is -0.916. The molecule has 0 aliphatic heterocycles. The maximum Gasteiger partial charge on any atom is 0.229 e. The second-order valence-corrected chi connectivity index (χ2v) is 4.96. The van der Waals surface area contributed by atoms with Gasteiger partial charge in [-0.25, -0.2) is 13.8 Å². The maximum absolute atomic E-state index is 13.3. The second-order valence-electron chi connectivity index (χ2n) is 4.96. The molecule has 0 aliphatic carbocycles. The van der Waals surface area contributed by atoms with Crippen LogP contribution in [0, 0.1) is 18.6 Å². The van der Waals surface area contributed by atoms with Crippen LogP contribution >= 0.6 is 0 Å². The number of anilines is 4. The third-order valence-electron chi connectivity index (χ3n) is 3.08. The minimum Gasteiger partial charge on any atom is -0.340 e. The van der Waals surface area contributed by atoms with Crippen LogP contribution in [0.1, 0.15) is 5.69 Å². The van der Waals surface area contributed by atoms with Crippen molar-refractivity contribution in [1.82, 2.24) is 9.97 Å². The Hall–Kier alpha value is -3.02. The van der Waals surface area contributed by atoms with Crippen molar-refractivity contribution in [3.8, 4) is 0 Å². The highest BCUT2D eigenvalue weighted by Gasteiger charge is 2.06. The molecule has 1 heterocycles. The minimum atomic E-state index is -0.926. The standard InChI is InChI=1S/C17H14F2N4/c1-11-9-16(21-12-5-3-2-4-6-12)23-17(20-11)22-13-7-8-14(18)15(19)10-13/h2-10H,1H3,(H2,20,21,22,23). The van der Waals surface area contributed by atoms with E-state index >= 15 is 0 Å². The average Bonchev–Trinajstić information content (AvgIpc) is 2.51.